The number of carbonyl (C=O) groups is 1. The van der Waals surface area contributed by atoms with Crippen LogP contribution in [-0.2, 0) is 9.53 Å². The van der Waals surface area contributed by atoms with Gasteiger partial charge in [-0.1, -0.05) is 12.1 Å². The van der Waals surface area contributed by atoms with Crippen molar-refractivity contribution in [3.8, 4) is 0 Å². The van der Waals surface area contributed by atoms with Gasteiger partial charge in [-0.3, -0.25) is 4.79 Å². The van der Waals surface area contributed by atoms with Crippen molar-refractivity contribution in [2.24, 2.45) is 11.7 Å². The number of pyridine rings is 1. The van der Waals surface area contributed by atoms with Gasteiger partial charge in [0.2, 0.25) is 5.91 Å². The number of nitrogens with one attached hydrogen (secondary N) is 1. The Bertz CT molecular complexity index is 686. The van der Waals surface area contributed by atoms with Crippen LogP contribution in [0.3, 0.4) is 0 Å². The summed E-state index contributed by atoms with van der Waals surface area (Å²) in [6.45, 7) is 1.35. The highest BCUT2D eigenvalue weighted by molar-refractivity contribution is 9.10. The molecule has 1 aromatic heterocycles. The minimum atomic E-state index is -0.527. The number of nitrogens with two attached hydrogens (primary N) is 1. The first-order valence-corrected chi connectivity index (χ1v) is 8.14. The van der Waals surface area contributed by atoms with Crippen LogP contribution in [0.15, 0.2) is 34.8 Å². The number of benzene rings is 1. The Morgan fingerprint density at radius 2 is 2.09 bits per heavy atom. The number of hydrogen-bond acceptors (Lipinski definition) is 4. The van der Waals surface area contributed by atoms with Crippen LogP contribution in [0, 0.1) is 5.92 Å². The molecular formula is C16H18BrN3O2. The zero-order chi connectivity index (χ0) is 15.5. The lowest BCUT2D eigenvalue weighted by Crippen LogP contribution is -2.44. The molecule has 1 aromatic carbocycles. The Morgan fingerprint density at radius 3 is 2.86 bits per heavy atom. The van der Waals surface area contributed by atoms with Crippen molar-refractivity contribution in [1.82, 2.24) is 4.98 Å². The summed E-state index contributed by atoms with van der Waals surface area (Å²) >= 11 is 3.47. The maximum Gasteiger partial charge on any atom is 0.242 e. The fraction of sp³-hybridized carbons (Fsp3) is 0.375. The molecule has 3 N–H and O–H groups in total. The molecule has 1 unspecified atom stereocenters. The summed E-state index contributed by atoms with van der Waals surface area (Å²) < 4.78 is 6.20. The zero-order valence-corrected chi connectivity index (χ0v) is 13.7. The minimum absolute atomic E-state index is 0.168. The van der Waals surface area contributed by atoms with Crippen molar-refractivity contribution in [2.45, 2.75) is 18.9 Å². The molecule has 2 heterocycles. The molecular weight excluding hydrogens is 346 g/mol. The number of amides is 1. The van der Waals surface area contributed by atoms with Gasteiger partial charge in [0.25, 0.3) is 0 Å². The van der Waals surface area contributed by atoms with Gasteiger partial charge in [-0.05, 0) is 52.9 Å². The first-order chi connectivity index (χ1) is 10.6. The molecule has 2 aromatic rings. The van der Waals surface area contributed by atoms with Crippen LogP contribution in [0.1, 0.15) is 12.8 Å². The molecule has 0 saturated carbocycles. The summed E-state index contributed by atoms with van der Waals surface area (Å²) in [6, 6.07) is 9.06. The van der Waals surface area contributed by atoms with E-state index >= 15 is 0 Å². The number of hydrogen-bond donors (Lipinski definition) is 2. The molecule has 1 atom stereocenters. The standard InChI is InChI=1S/C16H18BrN3O2/c17-12-3-1-2-11-4-5-13(19-15(11)12)20-16(21)14(18)10-6-8-22-9-7-10/h1-5,10,14H,6-9,18H2,(H,19,20,21). The van der Waals surface area contributed by atoms with Gasteiger partial charge in [0.15, 0.2) is 0 Å². The molecule has 1 aliphatic rings. The number of carbonyl (C=O) groups excluding carboxylic acids is 1. The molecule has 116 valence electrons. The number of para-hydroxylation sites is 1. The van der Waals surface area contributed by atoms with Crippen molar-refractivity contribution in [2.75, 3.05) is 18.5 Å². The van der Waals surface area contributed by atoms with Crippen LogP contribution >= 0.6 is 15.9 Å². The van der Waals surface area contributed by atoms with Gasteiger partial charge < -0.3 is 15.8 Å². The van der Waals surface area contributed by atoms with E-state index in [2.05, 4.69) is 26.2 Å². The lowest BCUT2D eigenvalue weighted by molar-refractivity contribution is -0.119. The molecule has 0 aliphatic carbocycles. The Kier molecular flexibility index (Phi) is 4.71. The average molecular weight is 364 g/mol. The van der Waals surface area contributed by atoms with Gasteiger partial charge in [-0.25, -0.2) is 4.98 Å². The van der Waals surface area contributed by atoms with Gasteiger partial charge >= 0.3 is 0 Å². The fourth-order valence-corrected chi connectivity index (χ4v) is 3.15. The molecule has 0 spiro atoms. The van der Waals surface area contributed by atoms with Crippen LogP contribution in [0.5, 0.6) is 0 Å². The molecule has 1 amide bonds. The van der Waals surface area contributed by atoms with E-state index < -0.39 is 6.04 Å². The highest BCUT2D eigenvalue weighted by atomic mass is 79.9. The predicted molar refractivity (Wildman–Crippen MR) is 89.6 cm³/mol. The van der Waals surface area contributed by atoms with Crippen LogP contribution < -0.4 is 11.1 Å². The predicted octanol–water partition coefficient (Wildman–Crippen LogP) is 2.69. The van der Waals surface area contributed by atoms with Crippen LogP contribution in [0.4, 0.5) is 5.82 Å². The second-order valence-electron chi connectivity index (χ2n) is 5.47. The number of aromatic nitrogens is 1. The minimum Gasteiger partial charge on any atom is -0.381 e. The quantitative estimate of drug-likeness (QED) is 0.878. The lowest BCUT2D eigenvalue weighted by Gasteiger charge is -2.26. The van der Waals surface area contributed by atoms with Crippen molar-refractivity contribution >= 4 is 38.6 Å². The third kappa shape index (κ3) is 3.29. The summed E-state index contributed by atoms with van der Waals surface area (Å²) in [7, 11) is 0. The molecule has 0 bridgehead atoms. The molecule has 0 radical (unpaired) electrons. The van der Waals surface area contributed by atoms with E-state index in [1.165, 1.54) is 0 Å². The number of anilines is 1. The summed E-state index contributed by atoms with van der Waals surface area (Å²) in [4.78, 5) is 16.8. The SMILES string of the molecule is NC(C(=O)Nc1ccc2cccc(Br)c2n1)C1CCOCC1. The first-order valence-electron chi connectivity index (χ1n) is 7.34. The maximum atomic E-state index is 12.3. The van der Waals surface area contributed by atoms with Gasteiger partial charge in [0.05, 0.1) is 11.6 Å². The van der Waals surface area contributed by atoms with E-state index in [4.69, 9.17) is 10.5 Å². The topological polar surface area (TPSA) is 77.2 Å². The molecule has 6 heteroatoms. The van der Waals surface area contributed by atoms with E-state index in [0.717, 1.165) is 28.2 Å². The first kappa shape index (κ1) is 15.4. The molecule has 5 nitrogen and oxygen atoms in total. The summed E-state index contributed by atoms with van der Waals surface area (Å²) in [5.41, 5.74) is 6.90. The monoisotopic (exact) mass is 363 g/mol. The largest absolute Gasteiger partial charge is 0.381 e. The normalized spacial score (nSPS) is 17.4. The van der Waals surface area contributed by atoms with E-state index in [1.807, 2.05) is 24.3 Å². The second kappa shape index (κ2) is 6.73. The van der Waals surface area contributed by atoms with E-state index in [1.54, 1.807) is 6.07 Å². The maximum absolute atomic E-state index is 12.3. The third-order valence-electron chi connectivity index (χ3n) is 4.00. The van der Waals surface area contributed by atoms with Gasteiger partial charge in [-0.2, -0.15) is 0 Å². The zero-order valence-electron chi connectivity index (χ0n) is 12.1. The Hall–Kier alpha value is -1.50. The molecule has 3 rings (SSSR count). The van der Waals surface area contributed by atoms with Gasteiger partial charge in [-0.15, -0.1) is 0 Å². The van der Waals surface area contributed by atoms with Crippen molar-refractivity contribution in [1.29, 1.82) is 0 Å². The highest BCUT2D eigenvalue weighted by Gasteiger charge is 2.26. The number of nitrogens with zero attached hydrogens (tertiary/aromatic N) is 1. The molecule has 22 heavy (non-hydrogen) atoms. The third-order valence-corrected chi connectivity index (χ3v) is 4.64. The average Bonchev–Trinajstić information content (AvgIpc) is 2.55. The van der Waals surface area contributed by atoms with Crippen molar-refractivity contribution in [3.63, 3.8) is 0 Å². The van der Waals surface area contributed by atoms with Crippen LogP contribution in [0.25, 0.3) is 10.9 Å². The van der Waals surface area contributed by atoms with Crippen LogP contribution in [-0.4, -0.2) is 30.1 Å². The van der Waals surface area contributed by atoms with Gasteiger partial charge in [0.1, 0.15) is 5.82 Å². The molecule has 1 saturated heterocycles. The fourth-order valence-electron chi connectivity index (χ4n) is 2.68. The van der Waals surface area contributed by atoms with Gasteiger partial charge in [0, 0.05) is 23.1 Å². The van der Waals surface area contributed by atoms with E-state index in [9.17, 15) is 4.79 Å². The summed E-state index contributed by atoms with van der Waals surface area (Å²) in [6.07, 6.45) is 1.65. The Labute approximate surface area is 137 Å². The van der Waals surface area contributed by atoms with Crippen LogP contribution in [0.2, 0.25) is 0 Å². The lowest BCUT2D eigenvalue weighted by atomic mass is 9.92. The Balaban J connectivity index is 1.74. The number of halogens is 1. The number of ether oxygens (including phenoxy) is 1. The number of fused-ring (bicyclic) bond motifs is 1. The summed E-state index contributed by atoms with van der Waals surface area (Å²) in [5, 5.41) is 3.84. The Morgan fingerprint density at radius 1 is 1.32 bits per heavy atom. The molecule has 1 fully saturated rings. The van der Waals surface area contributed by atoms with Crippen molar-refractivity contribution in [3.05, 3.63) is 34.8 Å². The number of rotatable bonds is 3. The van der Waals surface area contributed by atoms with Crippen molar-refractivity contribution < 1.29 is 9.53 Å². The second-order valence-corrected chi connectivity index (χ2v) is 6.33. The molecule has 1 aliphatic heterocycles. The summed E-state index contributed by atoms with van der Waals surface area (Å²) in [5.74, 6) is 0.499. The smallest absolute Gasteiger partial charge is 0.242 e. The van der Waals surface area contributed by atoms with E-state index in [-0.39, 0.29) is 11.8 Å². The van der Waals surface area contributed by atoms with E-state index in [0.29, 0.717) is 19.0 Å². The highest BCUT2D eigenvalue weighted by Crippen LogP contribution is 2.24.